The zero-order valence-corrected chi connectivity index (χ0v) is 20.1. The first-order valence-corrected chi connectivity index (χ1v) is 12.7. The lowest BCUT2D eigenvalue weighted by molar-refractivity contribution is -0.119. The number of aryl methyl sites for hydroxylation is 1. The van der Waals surface area contributed by atoms with Gasteiger partial charge in [0.15, 0.2) is 21.3 Å². The van der Waals surface area contributed by atoms with Gasteiger partial charge in [-0.25, -0.2) is 40.9 Å². The summed E-state index contributed by atoms with van der Waals surface area (Å²) >= 11 is 0. The van der Waals surface area contributed by atoms with E-state index in [2.05, 4.69) is 30.6 Å². The largest absolute Gasteiger partial charge is 0.353 e. The van der Waals surface area contributed by atoms with Crippen LogP contribution in [0.2, 0.25) is 0 Å². The fourth-order valence-electron chi connectivity index (χ4n) is 3.78. The Labute approximate surface area is 207 Å². The number of alkyl halides is 4. The number of amides is 1. The lowest BCUT2D eigenvalue weighted by Crippen LogP contribution is -2.18. The van der Waals surface area contributed by atoms with Gasteiger partial charge in [0.05, 0.1) is 28.3 Å². The molecule has 0 spiro atoms. The van der Waals surface area contributed by atoms with E-state index in [1.54, 1.807) is 30.2 Å². The number of nitrogens with zero attached hydrogens (tertiary/aromatic N) is 4. The van der Waals surface area contributed by atoms with Crippen LogP contribution in [0.25, 0.3) is 22.4 Å². The van der Waals surface area contributed by atoms with Gasteiger partial charge in [0, 0.05) is 37.6 Å². The molecule has 0 radical (unpaired) electrons. The predicted molar refractivity (Wildman–Crippen MR) is 126 cm³/mol. The van der Waals surface area contributed by atoms with Crippen molar-refractivity contribution in [2.45, 2.75) is 23.7 Å². The summed E-state index contributed by atoms with van der Waals surface area (Å²) in [5.41, 5.74) is 0.947. The van der Waals surface area contributed by atoms with Crippen LogP contribution in [0.4, 0.5) is 34.8 Å². The molecule has 1 fully saturated rings. The second kappa shape index (κ2) is 8.54. The van der Waals surface area contributed by atoms with Crippen LogP contribution in [-0.2, 0) is 21.7 Å². The van der Waals surface area contributed by atoms with E-state index in [0.29, 0.717) is 11.3 Å². The van der Waals surface area contributed by atoms with E-state index in [4.69, 9.17) is 0 Å². The molecule has 0 unspecified atom stereocenters. The number of imidazole rings is 2. The average molecular weight is 537 g/mol. The number of hydrogen-bond donors (Lipinski definition) is 3. The maximum absolute atomic E-state index is 13.3. The van der Waals surface area contributed by atoms with Crippen molar-refractivity contribution in [3.8, 4) is 11.3 Å². The second-order valence-electron chi connectivity index (χ2n) is 8.72. The Balaban J connectivity index is 1.57. The number of aromatic amines is 1. The minimum absolute atomic E-state index is 0.00157. The minimum atomic E-state index is -3.80. The van der Waals surface area contributed by atoms with Gasteiger partial charge in [-0.2, -0.15) is 0 Å². The smallest absolute Gasteiger partial charge is 0.295 e. The van der Waals surface area contributed by atoms with Crippen molar-refractivity contribution in [2.75, 3.05) is 16.9 Å². The van der Waals surface area contributed by atoms with Gasteiger partial charge in [0.2, 0.25) is 5.91 Å². The number of anilines is 3. The summed E-state index contributed by atoms with van der Waals surface area (Å²) in [6.45, 7) is 0. The number of H-pyrrole nitrogens is 1. The van der Waals surface area contributed by atoms with Crippen LogP contribution in [0.1, 0.15) is 18.7 Å². The number of rotatable bonds is 7. The van der Waals surface area contributed by atoms with E-state index in [-0.39, 0.29) is 33.3 Å². The SMILES string of the molecule is Cn1cnc(-c2ccc(Nc3cc(NC(=O)[C@@H]4CC4(F)F)nc4nc(C(F)F)[nH]c34)c(S(C)(=O)=O)c2)c1. The van der Waals surface area contributed by atoms with Crippen molar-refractivity contribution >= 4 is 44.1 Å². The molecule has 3 heterocycles. The van der Waals surface area contributed by atoms with Gasteiger partial charge in [-0.3, -0.25) is 4.79 Å². The highest BCUT2D eigenvalue weighted by atomic mass is 32.2. The van der Waals surface area contributed by atoms with E-state index in [9.17, 15) is 30.8 Å². The summed E-state index contributed by atoms with van der Waals surface area (Å²) < 4.78 is 80.2. The van der Waals surface area contributed by atoms with Crippen LogP contribution < -0.4 is 10.6 Å². The third kappa shape index (κ3) is 4.85. The molecule has 4 aromatic rings. The van der Waals surface area contributed by atoms with Gasteiger partial charge in [0.1, 0.15) is 17.3 Å². The van der Waals surface area contributed by atoms with Crippen LogP contribution in [0.3, 0.4) is 0 Å². The monoisotopic (exact) mass is 537 g/mol. The summed E-state index contributed by atoms with van der Waals surface area (Å²) in [6, 6.07) is 5.72. The fourth-order valence-corrected chi connectivity index (χ4v) is 4.64. The predicted octanol–water partition coefficient (Wildman–Crippen LogP) is 4.04. The van der Waals surface area contributed by atoms with Crippen molar-refractivity contribution in [3.05, 3.63) is 42.6 Å². The summed E-state index contributed by atoms with van der Waals surface area (Å²) in [5.74, 6) is -6.56. The first kappa shape index (κ1) is 24.7. The van der Waals surface area contributed by atoms with Gasteiger partial charge < -0.3 is 20.2 Å². The molecule has 37 heavy (non-hydrogen) atoms. The van der Waals surface area contributed by atoms with Crippen molar-refractivity contribution in [3.63, 3.8) is 0 Å². The van der Waals surface area contributed by atoms with Crippen LogP contribution in [0, 0.1) is 5.92 Å². The molecule has 1 aliphatic carbocycles. The Kier molecular flexibility index (Phi) is 5.69. The van der Waals surface area contributed by atoms with Gasteiger partial charge in [0.25, 0.3) is 12.3 Å². The summed E-state index contributed by atoms with van der Waals surface area (Å²) in [4.78, 5) is 26.4. The van der Waals surface area contributed by atoms with E-state index >= 15 is 0 Å². The fraction of sp³-hybridized carbons (Fsp3) is 0.273. The summed E-state index contributed by atoms with van der Waals surface area (Å²) in [7, 11) is -2.03. The number of hydrogen-bond acceptors (Lipinski definition) is 7. The average Bonchev–Trinajstić information content (AvgIpc) is 3.14. The zero-order valence-electron chi connectivity index (χ0n) is 19.3. The number of aromatic nitrogens is 5. The Morgan fingerprint density at radius 3 is 2.54 bits per heavy atom. The van der Waals surface area contributed by atoms with E-state index in [1.807, 2.05) is 0 Å². The molecular weight excluding hydrogens is 518 g/mol. The molecule has 15 heteroatoms. The molecule has 1 saturated carbocycles. The van der Waals surface area contributed by atoms with Gasteiger partial charge >= 0.3 is 0 Å². The highest BCUT2D eigenvalue weighted by Crippen LogP contribution is 2.49. The molecule has 0 aliphatic heterocycles. The molecule has 3 N–H and O–H groups in total. The number of benzene rings is 1. The van der Waals surface area contributed by atoms with Gasteiger partial charge in [-0.05, 0) is 12.1 Å². The lowest BCUT2D eigenvalue weighted by Gasteiger charge is -2.14. The number of sulfone groups is 1. The van der Waals surface area contributed by atoms with Crippen molar-refractivity contribution in [2.24, 2.45) is 13.0 Å². The normalized spacial score (nSPS) is 16.8. The molecule has 10 nitrogen and oxygen atoms in total. The molecule has 1 atom stereocenters. The number of fused-ring (bicyclic) bond motifs is 1. The van der Waals surface area contributed by atoms with Crippen LogP contribution in [-0.4, -0.2) is 51.0 Å². The summed E-state index contributed by atoms with van der Waals surface area (Å²) in [5, 5.41) is 5.13. The minimum Gasteiger partial charge on any atom is -0.353 e. The van der Waals surface area contributed by atoms with Crippen LogP contribution >= 0.6 is 0 Å². The third-order valence-corrected chi connectivity index (χ3v) is 6.87. The Morgan fingerprint density at radius 2 is 1.95 bits per heavy atom. The molecule has 0 saturated heterocycles. The first-order chi connectivity index (χ1) is 17.3. The van der Waals surface area contributed by atoms with Crippen LogP contribution in [0.5, 0.6) is 0 Å². The maximum atomic E-state index is 13.3. The number of nitrogens with one attached hydrogen (secondary N) is 3. The summed E-state index contributed by atoms with van der Waals surface area (Å²) in [6.07, 6.45) is 0.681. The quantitative estimate of drug-likeness (QED) is 0.303. The molecule has 5 rings (SSSR count). The van der Waals surface area contributed by atoms with Gasteiger partial charge in [-0.1, -0.05) is 6.07 Å². The number of halogens is 4. The van der Waals surface area contributed by atoms with E-state index < -0.39 is 46.3 Å². The molecule has 194 valence electrons. The lowest BCUT2D eigenvalue weighted by atomic mass is 10.1. The highest BCUT2D eigenvalue weighted by Gasteiger charge is 2.61. The highest BCUT2D eigenvalue weighted by molar-refractivity contribution is 7.90. The Hall–Kier alpha value is -4.01. The molecular formula is C22H19F4N7O3S. The topological polar surface area (TPSA) is 135 Å². The molecule has 1 amide bonds. The van der Waals surface area contributed by atoms with E-state index in [0.717, 1.165) is 6.26 Å². The van der Waals surface area contributed by atoms with Crippen LogP contribution in [0.15, 0.2) is 41.7 Å². The second-order valence-corrected chi connectivity index (χ2v) is 10.7. The number of carbonyl (C=O) groups is 1. The molecule has 0 bridgehead atoms. The van der Waals surface area contributed by atoms with Crippen molar-refractivity contribution in [1.29, 1.82) is 0 Å². The molecule has 3 aromatic heterocycles. The van der Waals surface area contributed by atoms with E-state index in [1.165, 1.54) is 18.2 Å². The number of pyridine rings is 1. The van der Waals surface area contributed by atoms with Gasteiger partial charge in [-0.15, -0.1) is 0 Å². The zero-order chi connectivity index (χ0) is 26.7. The molecule has 1 aliphatic rings. The van der Waals surface area contributed by atoms with Crippen molar-refractivity contribution < 1.29 is 30.8 Å². The molecule has 1 aromatic carbocycles. The van der Waals surface area contributed by atoms with Crippen molar-refractivity contribution in [1.82, 2.24) is 24.5 Å². The number of carbonyl (C=O) groups excluding carboxylic acids is 1. The Morgan fingerprint density at radius 1 is 1.22 bits per heavy atom. The standard InChI is InChI=1S/C22H19F4N7O3S/c1-33-8-14(27-9-33)10-3-4-12(15(5-10)37(2,35)36)28-13-6-16(30-21(34)11-7-22(11,25)26)29-19-17(13)31-20(32-19)18(23)24/h3-6,8-9,11,18H,7H2,1-2H3,(H3,28,29,30,31,32,34)/t11-/m0/s1. The Bertz CT molecular complexity index is 1650. The first-order valence-electron chi connectivity index (χ1n) is 10.8. The maximum Gasteiger partial charge on any atom is 0.295 e. The third-order valence-electron chi connectivity index (χ3n) is 5.73.